The standard InChI is InChI=1S/C19H28INO/c1-18-11-8-15-13(14(18)6-7-16(18)20)9-12-21-17(22)5-3-4-10-19(15,21)2/h7,13-15H,3-6,8-12H2,1-2H3/t13-,14-,15-,18-,19+/m0/s1. The summed E-state index contributed by atoms with van der Waals surface area (Å²) >= 11 is 2.59. The molecule has 4 rings (SSSR count). The molecule has 1 saturated carbocycles. The predicted octanol–water partition coefficient (Wildman–Crippen LogP) is 4.92. The molecule has 0 N–H and O–H groups in total. The number of carbonyl (C=O) groups is 1. The molecule has 0 aromatic carbocycles. The minimum absolute atomic E-state index is 0.145. The molecule has 0 aromatic heterocycles. The molecule has 122 valence electrons. The zero-order valence-corrected chi connectivity index (χ0v) is 16.1. The molecule has 3 fully saturated rings. The lowest BCUT2D eigenvalue weighted by atomic mass is 9.53. The van der Waals surface area contributed by atoms with Crippen molar-refractivity contribution in [3.05, 3.63) is 9.66 Å². The highest BCUT2D eigenvalue weighted by atomic mass is 127. The Hall–Kier alpha value is -0.0600. The summed E-state index contributed by atoms with van der Waals surface area (Å²) in [5, 5.41) is 0. The topological polar surface area (TPSA) is 20.3 Å². The number of amides is 1. The number of halogens is 1. The van der Waals surface area contributed by atoms with Crippen molar-refractivity contribution in [2.45, 2.75) is 70.8 Å². The molecule has 4 aliphatic rings. The molecule has 3 heteroatoms. The fourth-order valence-electron chi connectivity index (χ4n) is 6.34. The second-order valence-corrected chi connectivity index (χ2v) is 9.68. The summed E-state index contributed by atoms with van der Waals surface area (Å²) in [6.07, 6.45) is 12.0. The molecule has 2 nitrogen and oxygen atoms in total. The number of rotatable bonds is 0. The highest BCUT2D eigenvalue weighted by Gasteiger charge is 2.57. The van der Waals surface area contributed by atoms with E-state index in [-0.39, 0.29) is 5.54 Å². The highest BCUT2D eigenvalue weighted by molar-refractivity contribution is 14.1. The summed E-state index contributed by atoms with van der Waals surface area (Å²) in [4.78, 5) is 14.9. The Kier molecular flexibility index (Phi) is 3.67. The minimum atomic E-state index is 0.145. The Morgan fingerprint density at radius 1 is 1.18 bits per heavy atom. The monoisotopic (exact) mass is 413 g/mol. The van der Waals surface area contributed by atoms with Crippen molar-refractivity contribution in [1.82, 2.24) is 4.90 Å². The lowest BCUT2D eigenvalue weighted by Crippen LogP contribution is -2.62. The van der Waals surface area contributed by atoms with E-state index in [0.717, 1.165) is 37.1 Å². The summed E-state index contributed by atoms with van der Waals surface area (Å²) in [7, 11) is 0. The number of hydrogen-bond acceptors (Lipinski definition) is 1. The van der Waals surface area contributed by atoms with Crippen LogP contribution in [0.15, 0.2) is 9.66 Å². The summed E-state index contributed by atoms with van der Waals surface area (Å²) in [5.74, 6) is 2.83. The maximum absolute atomic E-state index is 12.6. The van der Waals surface area contributed by atoms with Crippen LogP contribution in [0.1, 0.15) is 65.2 Å². The van der Waals surface area contributed by atoms with E-state index in [1.807, 2.05) is 0 Å². The van der Waals surface area contributed by atoms with Gasteiger partial charge in [0.15, 0.2) is 0 Å². The Morgan fingerprint density at radius 2 is 2.00 bits per heavy atom. The number of carbonyl (C=O) groups excluding carboxylic acids is 1. The van der Waals surface area contributed by atoms with Gasteiger partial charge in [-0.2, -0.15) is 0 Å². The largest absolute Gasteiger partial charge is 0.337 e. The fourth-order valence-corrected chi connectivity index (χ4v) is 7.26. The first-order valence-electron chi connectivity index (χ1n) is 9.13. The van der Waals surface area contributed by atoms with Gasteiger partial charge in [-0.3, -0.25) is 4.79 Å². The van der Waals surface area contributed by atoms with E-state index in [4.69, 9.17) is 0 Å². The zero-order valence-electron chi connectivity index (χ0n) is 13.9. The van der Waals surface area contributed by atoms with Crippen LogP contribution < -0.4 is 0 Å². The third kappa shape index (κ3) is 1.99. The van der Waals surface area contributed by atoms with E-state index in [1.54, 1.807) is 3.58 Å². The molecule has 0 bridgehead atoms. The molecule has 2 saturated heterocycles. The molecule has 0 unspecified atom stereocenters. The maximum atomic E-state index is 12.6. The molecule has 0 spiro atoms. The second kappa shape index (κ2) is 5.22. The van der Waals surface area contributed by atoms with E-state index in [1.165, 1.54) is 38.5 Å². The fraction of sp³-hybridized carbons (Fsp3) is 0.842. The molecule has 5 atom stereocenters. The molecule has 1 amide bonds. The third-order valence-electron chi connectivity index (χ3n) is 7.65. The normalized spacial score (nSPS) is 48.1. The first-order valence-corrected chi connectivity index (χ1v) is 10.2. The van der Waals surface area contributed by atoms with Crippen LogP contribution in [0.2, 0.25) is 0 Å². The summed E-state index contributed by atoms with van der Waals surface area (Å²) in [6.45, 7) is 5.94. The van der Waals surface area contributed by atoms with Gasteiger partial charge in [0.05, 0.1) is 0 Å². The first kappa shape index (κ1) is 15.5. The Bertz CT molecular complexity index is 530. The van der Waals surface area contributed by atoms with E-state index in [2.05, 4.69) is 47.4 Å². The van der Waals surface area contributed by atoms with E-state index >= 15 is 0 Å². The van der Waals surface area contributed by atoms with E-state index in [0.29, 0.717) is 11.3 Å². The average molecular weight is 413 g/mol. The van der Waals surface area contributed by atoms with Gasteiger partial charge in [-0.25, -0.2) is 0 Å². The molecular weight excluding hydrogens is 385 g/mol. The second-order valence-electron chi connectivity index (χ2n) is 8.52. The van der Waals surface area contributed by atoms with Crippen LogP contribution in [-0.4, -0.2) is 22.9 Å². The average Bonchev–Trinajstić information content (AvgIpc) is 2.70. The quantitative estimate of drug-likeness (QED) is 0.516. The van der Waals surface area contributed by atoms with Crippen LogP contribution in [0, 0.1) is 23.2 Å². The van der Waals surface area contributed by atoms with E-state index < -0.39 is 0 Å². The van der Waals surface area contributed by atoms with Gasteiger partial charge in [0, 0.05) is 23.9 Å². The van der Waals surface area contributed by atoms with Crippen molar-refractivity contribution in [3.8, 4) is 0 Å². The van der Waals surface area contributed by atoms with Gasteiger partial charge >= 0.3 is 0 Å². The van der Waals surface area contributed by atoms with Gasteiger partial charge in [0.25, 0.3) is 0 Å². The minimum Gasteiger partial charge on any atom is -0.337 e. The number of piperidine rings is 1. The van der Waals surface area contributed by atoms with Crippen molar-refractivity contribution >= 4 is 28.5 Å². The van der Waals surface area contributed by atoms with Crippen LogP contribution in [-0.2, 0) is 4.79 Å². The molecule has 2 heterocycles. The number of hydrogen-bond donors (Lipinski definition) is 0. The maximum Gasteiger partial charge on any atom is 0.223 e. The van der Waals surface area contributed by atoms with E-state index in [9.17, 15) is 4.79 Å². The molecule has 0 radical (unpaired) electrons. The van der Waals surface area contributed by atoms with Gasteiger partial charge in [-0.1, -0.05) is 19.4 Å². The summed E-state index contributed by atoms with van der Waals surface area (Å²) in [6, 6.07) is 0. The Labute approximate surface area is 148 Å². The summed E-state index contributed by atoms with van der Waals surface area (Å²) < 4.78 is 1.61. The molecular formula is C19H28INO. The van der Waals surface area contributed by atoms with Crippen molar-refractivity contribution in [3.63, 3.8) is 0 Å². The van der Waals surface area contributed by atoms with Crippen LogP contribution in [0.25, 0.3) is 0 Å². The number of nitrogens with zero attached hydrogens (tertiary/aromatic N) is 1. The van der Waals surface area contributed by atoms with Crippen molar-refractivity contribution in [2.24, 2.45) is 23.2 Å². The van der Waals surface area contributed by atoms with Crippen LogP contribution in [0.3, 0.4) is 0 Å². The van der Waals surface area contributed by atoms with Gasteiger partial charge in [-0.05, 0) is 89.4 Å². The Balaban J connectivity index is 1.67. The van der Waals surface area contributed by atoms with Gasteiger partial charge < -0.3 is 4.90 Å². The lowest BCUT2D eigenvalue weighted by Gasteiger charge is -2.59. The molecule has 2 aliphatic carbocycles. The Morgan fingerprint density at radius 3 is 2.82 bits per heavy atom. The number of allylic oxidation sites excluding steroid dienone is 2. The van der Waals surface area contributed by atoms with Gasteiger partial charge in [0.1, 0.15) is 0 Å². The van der Waals surface area contributed by atoms with Crippen LogP contribution in [0.4, 0.5) is 0 Å². The van der Waals surface area contributed by atoms with Crippen molar-refractivity contribution in [1.29, 1.82) is 0 Å². The lowest BCUT2D eigenvalue weighted by molar-refractivity contribution is -0.150. The zero-order chi connectivity index (χ0) is 15.5. The van der Waals surface area contributed by atoms with Crippen LogP contribution in [0.5, 0.6) is 0 Å². The molecule has 0 aromatic rings. The number of fused-ring (bicyclic) bond motifs is 5. The van der Waals surface area contributed by atoms with Crippen LogP contribution >= 0.6 is 22.6 Å². The van der Waals surface area contributed by atoms with Gasteiger partial charge in [-0.15, -0.1) is 0 Å². The highest BCUT2D eigenvalue weighted by Crippen LogP contribution is 2.62. The van der Waals surface area contributed by atoms with Gasteiger partial charge in [0.2, 0.25) is 5.91 Å². The molecule has 2 aliphatic heterocycles. The SMILES string of the molecule is C[C@]12CC[C@H]3[C@@H](CCN4C(=O)CCCC[C@]34C)[C@@H]1CC=C2I. The first-order chi connectivity index (χ1) is 10.5. The smallest absolute Gasteiger partial charge is 0.223 e. The van der Waals surface area contributed by atoms with Crippen molar-refractivity contribution < 1.29 is 4.79 Å². The van der Waals surface area contributed by atoms with Crippen molar-refractivity contribution in [2.75, 3.05) is 6.54 Å². The predicted molar refractivity (Wildman–Crippen MR) is 97.7 cm³/mol. The summed E-state index contributed by atoms with van der Waals surface area (Å²) in [5.41, 5.74) is 0.584. The molecule has 22 heavy (non-hydrogen) atoms. The third-order valence-corrected chi connectivity index (χ3v) is 9.32.